The highest BCUT2D eigenvalue weighted by Gasteiger charge is 2.20. The minimum atomic E-state index is -0.0477. The predicted molar refractivity (Wildman–Crippen MR) is 82.7 cm³/mol. The van der Waals surface area contributed by atoms with Crippen LogP contribution >= 0.6 is 0 Å². The molecule has 0 spiro atoms. The van der Waals surface area contributed by atoms with Gasteiger partial charge in [0, 0.05) is 24.4 Å². The van der Waals surface area contributed by atoms with E-state index in [9.17, 15) is 0 Å². The van der Waals surface area contributed by atoms with Gasteiger partial charge in [-0.25, -0.2) is 14.6 Å². The quantitative estimate of drug-likeness (QED) is 0.773. The summed E-state index contributed by atoms with van der Waals surface area (Å²) in [5, 5.41) is 7.38. The van der Waals surface area contributed by atoms with Gasteiger partial charge in [-0.1, -0.05) is 13.8 Å². The zero-order valence-corrected chi connectivity index (χ0v) is 12.5. The summed E-state index contributed by atoms with van der Waals surface area (Å²) in [4.78, 5) is 16.6. The third-order valence-electron chi connectivity index (χ3n) is 3.45. The van der Waals surface area contributed by atoms with Crippen LogP contribution in [0.1, 0.15) is 19.4 Å². The summed E-state index contributed by atoms with van der Waals surface area (Å²) in [5.74, 6) is 1.33. The van der Waals surface area contributed by atoms with E-state index in [4.69, 9.17) is 0 Å². The Bertz CT molecular complexity index is 723. The molecule has 7 nitrogen and oxygen atoms in total. The second-order valence-corrected chi connectivity index (χ2v) is 5.58. The zero-order valence-electron chi connectivity index (χ0n) is 12.5. The van der Waals surface area contributed by atoms with Crippen molar-refractivity contribution in [2.45, 2.75) is 19.3 Å². The van der Waals surface area contributed by atoms with Crippen molar-refractivity contribution < 1.29 is 0 Å². The lowest BCUT2D eigenvalue weighted by atomic mass is 9.85. The van der Waals surface area contributed by atoms with E-state index < -0.39 is 0 Å². The molecule has 1 N–H and O–H groups in total. The standard InChI is InChI=1S/C15H17N7/c1-15(2,12-3-5-16-6-4-12)9-19-13-7-17-8-14(21-13)22-11-18-10-20-22/h3-8,10-11H,9H2,1-2H3,(H,19,21). The highest BCUT2D eigenvalue weighted by atomic mass is 15.3. The van der Waals surface area contributed by atoms with Gasteiger partial charge in [-0.15, -0.1) is 0 Å². The average Bonchev–Trinajstić information content (AvgIpc) is 3.09. The molecule has 112 valence electrons. The van der Waals surface area contributed by atoms with E-state index in [-0.39, 0.29) is 5.41 Å². The Morgan fingerprint density at radius 3 is 2.64 bits per heavy atom. The highest BCUT2D eigenvalue weighted by Crippen LogP contribution is 2.22. The summed E-state index contributed by atoms with van der Waals surface area (Å²) in [6.07, 6.45) is 10.0. The molecule has 0 radical (unpaired) electrons. The molecule has 0 bridgehead atoms. The van der Waals surface area contributed by atoms with Gasteiger partial charge in [-0.2, -0.15) is 5.10 Å². The number of rotatable bonds is 5. The highest BCUT2D eigenvalue weighted by molar-refractivity contribution is 5.37. The van der Waals surface area contributed by atoms with Crippen molar-refractivity contribution in [3.63, 3.8) is 0 Å². The smallest absolute Gasteiger partial charge is 0.175 e. The van der Waals surface area contributed by atoms with Gasteiger partial charge in [0.15, 0.2) is 5.82 Å². The molecule has 0 saturated carbocycles. The first kappa shape index (κ1) is 14.1. The molecule has 0 atom stereocenters. The van der Waals surface area contributed by atoms with Crippen molar-refractivity contribution in [1.29, 1.82) is 0 Å². The van der Waals surface area contributed by atoms with Crippen LogP contribution in [-0.2, 0) is 5.41 Å². The second kappa shape index (κ2) is 5.88. The number of anilines is 1. The number of hydrogen-bond donors (Lipinski definition) is 1. The topological polar surface area (TPSA) is 81.4 Å². The fraction of sp³-hybridized carbons (Fsp3) is 0.267. The number of pyridine rings is 1. The first-order valence-corrected chi connectivity index (χ1v) is 6.96. The van der Waals surface area contributed by atoms with Crippen LogP contribution in [0.5, 0.6) is 0 Å². The molecule has 3 heterocycles. The minimum absolute atomic E-state index is 0.0477. The maximum atomic E-state index is 4.49. The normalized spacial score (nSPS) is 11.4. The van der Waals surface area contributed by atoms with Crippen LogP contribution in [0.15, 0.2) is 49.6 Å². The molecular weight excluding hydrogens is 278 g/mol. The van der Waals surface area contributed by atoms with Crippen LogP contribution in [0.25, 0.3) is 5.82 Å². The molecule has 0 fully saturated rings. The molecule has 0 aliphatic rings. The molecule has 7 heteroatoms. The van der Waals surface area contributed by atoms with E-state index in [1.54, 1.807) is 23.4 Å². The van der Waals surface area contributed by atoms with Crippen molar-refractivity contribution in [3.05, 3.63) is 55.1 Å². The molecule has 22 heavy (non-hydrogen) atoms. The van der Waals surface area contributed by atoms with E-state index >= 15 is 0 Å². The summed E-state index contributed by atoms with van der Waals surface area (Å²) in [7, 11) is 0. The third kappa shape index (κ3) is 3.08. The first-order valence-electron chi connectivity index (χ1n) is 6.96. The zero-order chi connectivity index (χ0) is 15.4. The van der Waals surface area contributed by atoms with Crippen LogP contribution < -0.4 is 5.32 Å². The largest absolute Gasteiger partial charge is 0.368 e. The fourth-order valence-corrected chi connectivity index (χ4v) is 2.09. The monoisotopic (exact) mass is 295 g/mol. The third-order valence-corrected chi connectivity index (χ3v) is 3.45. The molecule has 0 aliphatic carbocycles. The molecule has 0 unspecified atom stereocenters. The van der Waals surface area contributed by atoms with Crippen molar-refractivity contribution in [1.82, 2.24) is 29.7 Å². The molecule has 0 saturated heterocycles. The Hall–Kier alpha value is -2.83. The second-order valence-electron chi connectivity index (χ2n) is 5.58. The van der Waals surface area contributed by atoms with Gasteiger partial charge < -0.3 is 5.32 Å². The van der Waals surface area contributed by atoms with Gasteiger partial charge in [0.2, 0.25) is 0 Å². The van der Waals surface area contributed by atoms with E-state index in [2.05, 4.69) is 44.2 Å². The average molecular weight is 295 g/mol. The maximum Gasteiger partial charge on any atom is 0.175 e. The Morgan fingerprint density at radius 2 is 1.91 bits per heavy atom. The van der Waals surface area contributed by atoms with Gasteiger partial charge in [0.25, 0.3) is 0 Å². The van der Waals surface area contributed by atoms with Crippen molar-refractivity contribution in [2.24, 2.45) is 0 Å². The predicted octanol–water partition coefficient (Wildman–Crippen LogP) is 1.84. The van der Waals surface area contributed by atoms with Gasteiger partial charge in [0.1, 0.15) is 18.5 Å². The SMILES string of the molecule is CC(C)(CNc1cncc(-n2cncn2)n1)c1ccncc1. The Morgan fingerprint density at radius 1 is 1.09 bits per heavy atom. The Balaban J connectivity index is 1.73. The van der Waals surface area contributed by atoms with E-state index in [0.29, 0.717) is 11.6 Å². The Labute approximate surface area is 128 Å². The molecule has 3 rings (SSSR count). The van der Waals surface area contributed by atoms with Crippen molar-refractivity contribution >= 4 is 5.82 Å². The van der Waals surface area contributed by atoms with Gasteiger partial charge in [-0.05, 0) is 17.7 Å². The Kier molecular flexibility index (Phi) is 3.78. The molecule has 0 amide bonds. The van der Waals surface area contributed by atoms with Crippen molar-refractivity contribution in [2.75, 3.05) is 11.9 Å². The summed E-state index contributed by atoms with van der Waals surface area (Å²) >= 11 is 0. The lowest BCUT2D eigenvalue weighted by Gasteiger charge is -2.25. The summed E-state index contributed by atoms with van der Waals surface area (Å²) in [6, 6.07) is 4.05. The van der Waals surface area contributed by atoms with E-state index in [1.807, 2.05) is 24.5 Å². The lowest BCUT2D eigenvalue weighted by molar-refractivity contribution is 0.555. The number of aromatic nitrogens is 6. The van der Waals surface area contributed by atoms with E-state index in [1.165, 1.54) is 11.9 Å². The summed E-state index contributed by atoms with van der Waals surface area (Å²) in [5.41, 5.74) is 1.17. The fourth-order valence-electron chi connectivity index (χ4n) is 2.09. The van der Waals surface area contributed by atoms with E-state index in [0.717, 1.165) is 6.54 Å². The van der Waals surface area contributed by atoms with Gasteiger partial charge in [0.05, 0.1) is 12.4 Å². The maximum absolute atomic E-state index is 4.49. The molecule has 3 aromatic rings. The van der Waals surface area contributed by atoms with Crippen LogP contribution in [0.2, 0.25) is 0 Å². The molecular formula is C15H17N7. The van der Waals surface area contributed by atoms with Crippen LogP contribution in [0, 0.1) is 0 Å². The van der Waals surface area contributed by atoms with Gasteiger partial charge in [-0.3, -0.25) is 9.97 Å². The van der Waals surface area contributed by atoms with Crippen molar-refractivity contribution in [3.8, 4) is 5.82 Å². The summed E-state index contributed by atoms with van der Waals surface area (Å²) < 4.78 is 1.58. The first-order chi connectivity index (χ1) is 10.6. The molecule has 3 aromatic heterocycles. The van der Waals surface area contributed by atoms with Crippen LogP contribution in [-0.4, -0.2) is 36.3 Å². The van der Waals surface area contributed by atoms with Gasteiger partial charge >= 0.3 is 0 Å². The number of nitrogens with zero attached hydrogens (tertiary/aromatic N) is 6. The number of hydrogen-bond acceptors (Lipinski definition) is 6. The van der Waals surface area contributed by atoms with Crippen LogP contribution in [0.3, 0.4) is 0 Å². The lowest BCUT2D eigenvalue weighted by Crippen LogP contribution is -2.28. The number of nitrogens with one attached hydrogen (secondary N) is 1. The summed E-state index contributed by atoms with van der Waals surface area (Å²) in [6.45, 7) is 5.07. The van der Waals surface area contributed by atoms with Crippen LogP contribution in [0.4, 0.5) is 5.82 Å². The molecule has 0 aliphatic heterocycles. The molecule has 0 aromatic carbocycles. The minimum Gasteiger partial charge on any atom is -0.368 e.